The van der Waals surface area contributed by atoms with Crippen LogP contribution in [0.5, 0.6) is 0 Å². The van der Waals surface area contributed by atoms with Gasteiger partial charge in [-0.2, -0.15) is 0 Å². The number of rotatable bonds is 0. The Bertz CT molecular complexity index is 488. The minimum atomic E-state index is -0.0577. The van der Waals surface area contributed by atoms with E-state index in [1.807, 2.05) is 18.2 Å². The number of hydrogen-bond donors (Lipinski definition) is 0. The molecule has 0 fully saturated rings. The summed E-state index contributed by atoms with van der Waals surface area (Å²) in [6, 6.07) is 7.37. The van der Waals surface area contributed by atoms with Crippen LogP contribution in [0.25, 0.3) is 5.70 Å². The van der Waals surface area contributed by atoms with Gasteiger partial charge in [-0.25, -0.2) is 0 Å². The van der Waals surface area contributed by atoms with Crippen LogP contribution in [0.1, 0.15) is 15.9 Å². The van der Waals surface area contributed by atoms with Crippen molar-refractivity contribution in [2.45, 2.75) is 0 Å². The lowest BCUT2D eigenvalue weighted by Crippen LogP contribution is -2.23. The first-order chi connectivity index (χ1) is 6.77. The van der Waals surface area contributed by atoms with Gasteiger partial charge < -0.3 is 0 Å². The molecule has 68 valence electrons. The third kappa shape index (κ3) is 0.763. The van der Waals surface area contributed by atoms with Crippen LogP contribution in [0.3, 0.4) is 0 Å². The highest BCUT2D eigenvalue weighted by molar-refractivity contribution is 6.17. The summed E-state index contributed by atoms with van der Waals surface area (Å²) in [5.74, 6) is -0.0550. The smallest absolute Gasteiger partial charge is 0.259 e. The van der Waals surface area contributed by atoms with E-state index >= 15 is 0 Å². The molecule has 3 heteroatoms. The fraction of sp³-hybridized carbons (Fsp3) is 0.0909. The summed E-state index contributed by atoms with van der Waals surface area (Å²) in [6.45, 7) is 0.197. The molecule has 0 saturated carbocycles. The van der Waals surface area contributed by atoms with E-state index in [1.165, 1.54) is 4.90 Å². The molecule has 0 N–H and O–H groups in total. The monoisotopic (exact) mass is 186 g/mol. The molecule has 1 aromatic carbocycles. The van der Waals surface area contributed by atoms with Crippen molar-refractivity contribution in [3.05, 3.63) is 41.5 Å². The van der Waals surface area contributed by atoms with E-state index in [-0.39, 0.29) is 18.2 Å². The molecule has 2 aliphatic heterocycles. The second kappa shape index (κ2) is 2.32. The minimum absolute atomic E-state index is 0.00264. The van der Waals surface area contributed by atoms with Gasteiger partial charge >= 0.3 is 0 Å². The molecule has 2 aliphatic rings. The van der Waals surface area contributed by atoms with E-state index in [4.69, 9.17) is 0 Å². The Morgan fingerprint density at radius 2 is 1.79 bits per heavy atom. The fourth-order valence-corrected chi connectivity index (χ4v) is 1.96. The van der Waals surface area contributed by atoms with Crippen molar-refractivity contribution in [1.82, 2.24) is 4.90 Å². The summed E-state index contributed by atoms with van der Waals surface area (Å²) >= 11 is 0. The maximum Gasteiger partial charge on any atom is 0.259 e. The number of ketones is 1. The predicted molar refractivity (Wildman–Crippen MR) is 50.5 cm³/mol. The topological polar surface area (TPSA) is 37.4 Å². The molecular weight excluding hydrogens is 179 g/mol. The largest absolute Gasteiger partial charge is 0.300 e. The van der Waals surface area contributed by atoms with Crippen molar-refractivity contribution < 1.29 is 9.59 Å². The summed E-state index contributed by atoms with van der Waals surface area (Å²) in [5.41, 5.74) is 2.34. The molecule has 0 unspecified atom stereocenters. The van der Waals surface area contributed by atoms with Crippen LogP contribution in [0.4, 0.5) is 0 Å². The lowest BCUT2D eigenvalue weighted by molar-refractivity contribution is -0.113. The predicted octanol–water partition coefficient (Wildman–Crippen LogP) is 1.07. The van der Waals surface area contributed by atoms with Gasteiger partial charge in [0.2, 0.25) is 0 Å². The standard InChI is InChI=1S/C11H7NO2/c13-7-5-10-8-3-1-2-4-9(8)11(14)12(10)6-7/h1-5H,6H2/i12+1. The van der Waals surface area contributed by atoms with Gasteiger partial charge in [0.1, 0.15) is 0 Å². The fourth-order valence-electron chi connectivity index (χ4n) is 1.96. The van der Waals surface area contributed by atoms with Crippen molar-refractivity contribution in [2.24, 2.45) is 0 Å². The molecule has 3 nitrogen and oxygen atoms in total. The molecule has 3 rings (SSSR count). The molecule has 0 saturated heterocycles. The summed E-state index contributed by atoms with van der Waals surface area (Å²) in [4.78, 5) is 24.4. The molecule has 14 heavy (non-hydrogen) atoms. The quantitative estimate of drug-likeness (QED) is 0.568. The molecule has 0 aliphatic carbocycles. The van der Waals surface area contributed by atoms with Crippen LogP contribution < -0.4 is 0 Å². The van der Waals surface area contributed by atoms with Gasteiger partial charge in [-0.1, -0.05) is 18.2 Å². The number of benzene rings is 1. The lowest BCUT2D eigenvalue weighted by Gasteiger charge is -2.08. The van der Waals surface area contributed by atoms with Gasteiger partial charge in [0.05, 0.1) is 12.2 Å². The molecule has 0 spiro atoms. The van der Waals surface area contributed by atoms with Gasteiger partial charge in [0.15, 0.2) is 5.78 Å². The molecule has 0 atom stereocenters. The molecule has 1 aromatic rings. The minimum Gasteiger partial charge on any atom is -0.300 e. The SMILES string of the molecule is O=C1C=C2c3ccccc3C(=O)[15N]2C1. The molecule has 0 bridgehead atoms. The van der Waals surface area contributed by atoms with Crippen LogP contribution in [0.2, 0.25) is 0 Å². The van der Waals surface area contributed by atoms with Gasteiger partial charge in [-0.05, 0) is 6.07 Å². The third-order valence-electron chi connectivity index (χ3n) is 2.58. The molecule has 0 radical (unpaired) electrons. The first kappa shape index (κ1) is 7.50. The van der Waals surface area contributed by atoms with Crippen LogP contribution in [-0.4, -0.2) is 23.1 Å². The average molecular weight is 186 g/mol. The van der Waals surface area contributed by atoms with Crippen molar-refractivity contribution >= 4 is 17.4 Å². The molecule has 2 heterocycles. The Morgan fingerprint density at radius 1 is 1.07 bits per heavy atom. The van der Waals surface area contributed by atoms with Crippen molar-refractivity contribution in [2.75, 3.05) is 6.54 Å². The summed E-state index contributed by atoms with van der Waals surface area (Å²) in [6.07, 6.45) is 1.55. The zero-order valence-corrected chi connectivity index (χ0v) is 7.36. The van der Waals surface area contributed by atoms with Crippen molar-refractivity contribution in [3.63, 3.8) is 0 Å². The summed E-state index contributed by atoms with van der Waals surface area (Å²) < 4.78 is 0. The highest BCUT2D eigenvalue weighted by atomic mass is 16.2. The van der Waals surface area contributed by atoms with Gasteiger partial charge in [0.25, 0.3) is 5.91 Å². The lowest BCUT2D eigenvalue weighted by atomic mass is 10.1. The van der Waals surface area contributed by atoms with Crippen LogP contribution in [0.15, 0.2) is 30.3 Å². The molecule has 1 amide bonds. The van der Waals surface area contributed by atoms with E-state index in [2.05, 4.69) is 0 Å². The number of carbonyl (C=O) groups excluding carboxylic acids is 2. The van der Waals surface area contributed by atoms with Crippen LogP contribution in [-0.2, 0) is 4.79 Å². The Morgan fingerprint density at radius 3 is 2.57 bits per heavy atom. The zero-order chi connectivity index (χ0) is 9.71. The van der Waals surface area contributed by atoms with E-state index in [1.54, 1.807) is 12.1 Å². The number of amides is 1. The maximum atomic E-state index is 11.8. The van der Waals surface area contributed by atoms with E-state index < -0.39 is 0 Å². The second-order valence-electron chi connectivity index (χ2n) is 3.43. The Hall–Kier alpha value is -1.90. The summed E-state index contributed by atoms with van der Waals surface area (Å²) in [7, 11) is 0. The first-order valence-electron chi connectivity index (χ1n) is 4.43. The van der Waals surface area contributed by atoms with Crippen LogP contribution >= 0.6 is 0 Å². The van der Waals surface area contributed by atoms with E-state index in [9.17, 15) is 9.59 Å². The highest BCUT2D eigenvalue weighted by Crippen LogP contribution is 2.34. The van der Waals surface area contributed by atoms with Gasteiger partial charge in [-0.15, -0.1) is 0 Å². The number of fused-ring (bicyclic) bond motifs is 3. The van der Waals surface area contributed by atoms with E-state index in [0.29, 0.717) is 5.56 Å². The first-order valence-corrected chi connectivity index (χ1v) is 4.43. The van der Waals surface area contributed by atoms with Gasteiger partial charge in [-0.3, -0.25) is 14.5 Å². The highest BCUT2D eigenvalue weighted by Gasteiger charge is 2.36. The third-order valence-corrected chi connectivity index (χ3v) is 2.58. The zero-order valence-electron chi connectivity index (χ0n) is 7.36. The number of nitrogens with zero attached hydrogens (tertiary/aromatic N) is 1. The Balaban J connectivity index is 2.28. The average Bonchev–Trinajstić information content (AvgIpc) is 2.68. The van der Waals surface area contributed by atoms with Crippen molar-refractivity contribution in [3.8, 4) is 0 Å². The second-order valence-corrected chi connectivity index (χ2v) is 3.43. The molecular formula is C11H7NO2. The maximum absolute atomic E-state index is 11.8. The molecule has 0 aromatic heterocycles. The van der Waals surface area contributed by atoms with Crippen molar-refractivity contribution in [1.29, 1.82) is 0 Å². The van der Waals surface area contributed by atoms with E-state index in [0.717, 1.165) is 11.3 Å². The number of hydrogen-bond acceptors (Lipinski definition) is 2. The normalized spacial score (nSPS) is 18.3. The van der Waals surface area contributed by atoms with Gasteiger partial charge in [0, 0.05) is 17.2 Å². The number of carbonyl (C=O) groups is 2. The van der Waals surface area contributed by atoms with Crippen LogP contribution in [0, 0.1) is 0 Å². The Labute approximate surface area is 80.6 Å². The summed E-state index contributed by atoms with van der Waals surface area (Å²) in [5, 5.41) is 0. The Kier molecular flexibility index (Phi) is 1.24.